The number of halogens is 1. The number of carbonyl (C=O) groups is 3. The van der Waals surface area contributed by atoms with Gasteiger partial charge in [0.1, 0.15) is 11.3 Å². The molecular formula is C16H19ClN2O5. The molecule has 1 aromatic rings. The van der Waals surface area contributed by atoms with Crippen molar-refractivity contribution in [2.24, 2.45) is 0 Å². The molecule has 0 aromatic heterocycles. The van der Waals surface area contributed by atoms with Crippen LogP contribution in [0.2, 0.25) is 5.02 Å². The summed E-state index contributed by atoms with van der Waals surface area (Å²) in [5.74, 6) is -1.96. The quantitative estimate of drug-likeness (QED) is 0.720. The van der Waals surface area contributed by atoms with Crippen LogP contribution in [0.25, 0.3) is 0 Å². The predicted octanol–water partition coefficient (Wildman–Crippen LogP) is 2.36. The molecule has 24 heavy (non-hydrogen) atoms. The Hall–Kier alpha value is -2.28. The number of hydrogen-bond acceptors (Lipinski definition) is 5. The van der Waals surface area contributed by atoms with E-state index in [1.54, 1.807) is 0 Å². The van der Waals surface area contributed by atoms with E-state index in [0.29, 0.717) is 0 Å². The highest BCUT2D eigenvalue weighted by Crippen LogP contribution is 2.22. The van der Waals surface area contributed by atoms with E-state index < -0.39 is 24.5 Å². The lowest BCUT2D eigenvalue weighted by atomic mass is 9.96. The molecule has 8 heteroatoms. The number of nitrogens with one attached hydrogen (secondary N) is 2. The fourth-order valence-corrected chi connectivity index (χ4v) is 2.68. The van der Waals surface area contributed by atoms with Crippen LogP contribution in [0.4, 0.5) is 4.79 Å². The topological polar surface area (TPSA) is 105 Å². The SMILES string of the molecule is O=C(COC(=O)c1cc(Cl)ccc1O)NC(=O)NC1CCCCC1. The Kier molecular flexibility index (Phi) is 6.43. The van der Waals surface area contributed by atoms with Gasteiger partial charge in [-0.15, -0.1) is 0 Å². The van der Waals surface area contributed by atoms with Crippen molar-refractivity contribution >= 4 is 29.5 Å². The molecule has 0 atom stereocenters. The first kappa shape index (κ1) is 18.1. The number of imide groups is 1. The summed E-state index contributed by atoms with van der Waals surface area (Å²) >= 11 is 5.73. The Labute approximate surface area is 144 Å². The minimum Gasteiger partial charge on any atom is -0.507 e. The second-order valence-electron chi connectivity index (χ2n) is 5.59. The largest absolute Gasteiger partial charge is 0.507 e. The highest BCUT2D eigenvalue weighted by Gasteiger charge is 2.18. The van der Waals surface area contributed by atoms with Crippen LogP contribution in [0, 0.1) is 0 Å². The average molecular weight is 355 g/mol. The van der Waals surface area contributed by atoms with E-state index in [4.69, 9.17) is 16.3 Å². The summed E-state index contributed by atoms with van der Waals surface area (Å²) in [4.78, 5) is 35.1. The van der Waals surface area contributed by atoms with Crippen LogP contribution in [0.15, 0.2) is 18.2 Å². The second kappa shape index (κ2) is 8.54. The molecule has 0 aliphatic heterocycles. The van der Waals surface area contributed by atoms with Crippen LogP contribution < -0.4 is 10.6 Å². The highest BCUT2D eigenvalue weighted by atomic mass is 35.5. The zero-order valence-electron chi connectivity index (χ0n) is 13.0. The van der Waals surface area contributed by atoms with Gasteiger partial charge in [-0.3, -0.25) is 10.1 Å². The van der Waals surface area contributed by atoms with E-state index in [2.05, 4.69) is 10.6 Å². The van der Waals surface area contributed by atoms with Gasteiger partial charge in [-0.1, -0.05) is 30.9 Å². The summed E-state index contributed by atoms with van der Waals surface area (Å²) in [6, 6.07) is 3.35. The molecule has 1 fully saturated rings. The molecule has 0 heterocycles. The third-order valence-corrected chi connectivity index (χ3v) is 3.94. The lowest BCUT2D eigenvalue weighted by Gasteiger charge is -2.22. The average Bonchev–Trinajstić information content (AvgIpc) is 2.55. The molecule has 1 saturated carbocycles. The van der Waals surface area contributed by atoms with Gasteiger partial charge in [-0.25, -0.2) is 9.59 Å². The third-order valence-electron chi connectivity index (χ3n) is 3.71. The molecular weight excluding hydrogens is 336 g/mol. The van der Waals surface area contributed by atoms with Crippen molar-refractivity contribution < 1.29 is 24.2 Å². The maximum absolute atomic E-state index is 11.8. The standard InChI is InChI=1S/C16H19ClN2O5/c17-10-6-7-13(20)12(8-10)15(22)24-9-14(21)19-16(23)18-11-4-2-1-3-5-11/h6-8,11,20H,1-5,9H2,(H2,18,19,21,23). The van der Waals surface area contributed by atoms with Gasteiger partial charge >= 0.3 is 12.0 Å². The second-order valence-corrected chi connectivity index (χ2v) is 6.03. The lowest BCUT2D eigenvalue weighted by molar-refractivity contribution is -0.123. The van der Waals surface area contributed by atoms with E-state index in [1.165, 1.54) is 18.2 Å². The molecule has 0 radical (unpaired) electrons. The Morgan fingerprint density at radius 2 is 1.92 bits per heavy atom. The number of carbonyl (C=O) groups excluding carboxylic acids is 3. The minimum atomic E-state index is -0.905. The van der Waals surface area contributed by atoms with Gasteiger partial charge in [-0.2, -0.15) is 0 Å². The fraction of sp³-hybridized carbons (Fsp3) is 0.438. The number of aromatic hydroxyl groups is 1. The van der Waals surface area contributed by atoms with Crippen LogP contribution in [0.5, 0.6) is 5.75 Å². The Balaban J connectivity index is 1.76. The normalized spacial score (nSPS) is 14.7. The molecule has 0 unspecified atom stereocenters. The van der Waals surface area contributed by atoms with Crippen molar-refractivity contribution in [3.8, 4) is 5.75 Å². The van der Waals surface area contributed by atoms with Crippen molar-refractivity contribution in [1.82, 2.24) is 10.6 Å². The first-order valence-electron chi connectivity index (χ1n) is 7.71. The Morgan fingerprint density at radius 3 is 2.62 bits per heavy atom. The van der Waals surface area contributed by atoms with Crippen molar-refractivity contribution in [3.63, 3.8) is 0 Å². The number of urea groups is 1. The van der Waals surface area contributed by atoms with Gasteiger partial charge in [0, 0.05) is 11.1 Å². The monoisotopic (exact) mass is 354 g/mol. The zero-order valence-corrected chi connectivity index (χ0v) is 13.8. The molecule has 1 aromatic carbocycles. The number of hydrogen-bond donors (Lipinski definition) is 3. The fourth-order valence-electron chi connectivity index (χ4n) is 2.51. The first-order chi connectivity index (χ1) is 11.5. The summed E-state index contributed by atoms with van der Waals surface area (Å²) < 4.78 is 4.77. The van der Waals surface area contributed by atoms with Crippen molar-refractivity contribution in [1.29, 1.82) is 0 Å². The number of phenols is 1. The molecule has 130 valence electrons. The van der Waals surface area contributed by atoms with E-state index in [0.717, 1.165) is 32.1 Å². The molecule has 0 bridgehead atoms. The third kappa shape index (κ3) is 5.42. The van der Waals surface area contributed by atoms with Gasteiger partial charge in [0.25, 0.3) is 5.91 Å². The van der Waals surface area contributed by atoms with Crippen LogP contribution in [0.3, 0.4) is 0 Å². The minimum absolute atomic E-state index is 0.0671. The van der Waals surface area contributed by atoms with Crippen LogP contribution >= 0.6 is 11.6 Å². The van der Waals surface area contributed by atoms with Gasteiger partial charge < -0.3 is 15.2 Å². The van der Waals surface area contributed by atoms with Crippen LogP contribution in [-0.4, -0.2) is 35.7 Å². The summed E-state index contributed by atoms with van der Waals surface area (Å²) in [6.07, 6.45) is 5.06. The van der Waals surface area contributed by atoms with Gasteiger partial charge in [0.2, 0.25) is 0 Å². The smallest absolute Gasteiger partial charge is 0.342 e. The molecule has 1 aliphatic rings. The molecule has 1 aliphatic carbocycles. The summed E-state index contributed by atoms with van der Waals surface area (Å²) in [5.41, 5.74) is -0.151. The summed E-state index contributed by atoms with van der Waals surface area (Å²) in [7, 11) is 0. The highest BCUT2D eigenvalue weighted by molar-refractivity contribution is 6.31. The van der Waals surface area contributed by atoms with E-state index in [9.17, 15) is 19.5 Å². The first-order valence-corrected chi connectivity index (χ1v) is 8.09. The molecule has 0 saturated heterocycles. The molecule has 2 rings (SSSR count). The van der Waals surface area contributed by atoms with Crippen LogP contribution in [0.1, 0.15) is 42.5 Å². The molecule has 3 N–H and O–H groups in total. The molecule has 0 spiro atoms. The maximum Gasteiger partial charge on any atom is 0.342 e. The summed E-state index contributed by atoms with van der Waals surface area (Å²) in [5, 5.41) is 14.6. The van der Waals surface area contributed by atoms with Crippen LogP contribution in [-0.2, 0) is 9.53 Å². The van der Waals surface area contributed by atoms with E-state index in [-0.39, 0.29) is 22.4 Å². The number of rotatable bonds is 4. The number of esters is 1. The van der Waals surface area contributed by atoms with E-state index >= 15 is 0 Å². The van der Waals surface area contributed by atoms with Crippen molar-refractivity contribution in [2.45, 2.75) is 38.1 Å². The summed E-state index contributed by atoms with van der Waals surface area (Å²) in [6.45, 7) is -0.636. The predicted molar refractivity (Wildman–Crippen MR) is 86.9 cm³/mol. The Morgan fingerprint density at radius 1 is 1.21 bits per heavy atom. The maximum atomic E-state index is 11.8. The Bertz CT molecular complexity index is 629. The van der Waals surface area contributed by atoms with Crippen molar-refractivity contribution in [3.05, 3.63) is 28.8 Å². The molecule has 7 nitrogen and oxygen atoms in total. The zero-order chi connectivity index (χ0) is 17.5. The number of phenolic OH excluding ortho intramolecular Hbond substituents is 1. The van der Waals surface area contributed by atoms with Gasteiger partial charge in [0.15, 0.2) is 6.61 Å². The number of amides is 3. The van der Waals surface area contributed by atoms with Gasteiger partial charge in [0.05, 0.1) is 0 Å². The molecule has 3 amide bonds. The number of ether oxygens (including phenoxy) is 1. The lowest BCUT2D eigenvalue weighted by Crippen LogP contribution is -2.46. The number of benzene rings is 1. The van der Waals surface area contributed by atoms with E-state index in [1.807, 2.05) is 0 Å². The van der Waals surface area contributed by atoms with Gasteiger partial charge in [-0.05, 0) is 31.0 Å². The van der Waals surface area contributed by atoms with Crippen molar-refractivity contribution in [2.75, 3.05) is 6.61 Å².